The molecule has 2 N–H and O–H groups in total. The van der Waals surface area contributed by atoms with Crippen molar-refractivity contribution in [2.45, 2.75) is 44.2 Å². The number of rotatable bonds is 5. The third-order valence-electron chi connectivity index (χ3n) is 4.39. The summed E-state index contributed by atoms with van der Waals surface area (Å²) in [6.45, 7) is 1.89. The van der Waals surface area contributed by atoms with E-state index in [1.54, 1.807) is 25.4 Å². The van der Waals surface area contributed by atoms with Gasteiger partial charge in [-0.15, -0.1) is 0 Å². The molecule has 6 nitrogen and oxygen atoms in total. The fraction of sp³-hybridized carbons (Fsp3) is 0.625. The highest BCUT2D eigenvalue weighted by Crippen LogP contribution is 2.32. The van der Waals surface area contributed by atoms with E-state index in [-0.39, 0.29) is 6.03 Å². The van der Waals surface area contributed by atoms with Crippen LogP contribution in [0.4, 0.5) is 10.5 Å². The molecule has 1 atom stereocenters. The zero-order chi connectivity index (χ0) is 15.4. The molecule has 1 saturated heterocycles. The summed E-state index contributed by atoms with van der Waals surface area (Å²) in [5.41, 5.74) is 0.687. The van der Waals surface area contributed by atoms with Gasteiger partial charge in [-0.2, -0.15) is 0 Å². The molecule has 1 unspecified atom stereocenters. The van der Waals surface area contributed by atoms with Crippen molar-refractivity contribution >= 4 is 11.7 Å². The predicted octanol–water partition coefficient (Wildman–Crippen LogP) is 2.23. The first-order valence-corrected chi connectivity index (χ1v) is 8.07. The molecule has 0 bridgehead atoms. The second kappa shape index (κ2) is 6.96. The Morgan fingerprint density at radius 3 is 3.05 bits per heavy atom. The molecule has 120 valence electrons. The molecule has 1 aliphatic carbocycles. The van der Waals surface area contributed by atoms with Crippen molar-refractivity contribution in [1.82, 2.24) is 15.2 Å². The summed E-state index contributed by atoms with van der Waals surface area (Å²) in [7, 11) is 1.56. The molecular formula is C16H24N4O2. The molecular weight excluding hydrogens is 280 g/mol. The summed E-state index contributed by atoms with van der Waals surface area (Å²) < 4.78 is 5.05. The number of hydrogen-bond acceptors (Lipinski definition) is 4. The van der Waals surface area contributed by atoms with Gasteiger partial charge in [0.25, 0.3) is 0 Å². The number of carbonyl (C=O) groups excluding carboxylic acids is 1. The minimum absolute atomic E-state index is 0.172. The monoisotopic (exact) mass is 304 g/mol. The molecule has 2 heterocycles. The van der Waals surface area contributed by atoms with Crippen LogP contribution in [0.1, 0.15) is 32.1 Å². The number of nitrogens with one attached hydrogen (secondary N) is 2. The average molecular weight is 304 g/mol. The molecule has 6 heteroatoms. The van der Waals surface area contributed by atoms with Gasteiger partial charge in [0.1, 0.15) is 0 Å². The van der Waals surface area contributed by atoms with E-state index in [1.165, 1.54) is 38.6 Å². The summed E-state index contributed by atoms with van der Waals surface area (Å²) in [6.07, 6.45) is 7.98. The van der Waals surface area contributed by atoms with Crippen molar-refractivity contribution in [1.29, 1.82) is 0 Å². The Morgan fingerprint density at radius 1 is 1.41 bits per heavy atom. The van der Waals surface area contributed by atoms with Gasteiger partial charge >= 0.3 is 6.03 Å². The fourth-order valence-electron chi connectivity index (χ4n) is 3.11. The summed E-state index contributed by atoms with van der Waals surface area (Å²) in [4.78, 5) is 18.6. The third kappa shape index (κ3) is 3.88. The van der Waals surface area contributed by atoms with Gasteiger partial charge in [0.2, 0.25) is 5.88 Å². The lowest BCUT2D eigenvalue weighted by molar-refractivity contribution is 0.138. The van der Waals surface area contributed by atoms with Crippen LogP contribution in [0.25, 0.3) is 0 Å². The smallest absolute Gasteiger partial charge is 0.319 e. The van der Waals surface area contributed by atoms with Crippen molar-refractivity contribution < 1.29 is 9.53 Å². The third-order valence-corrected chi connectivity index (χ3v) is 4.39. The lowest BCUT2D eigenvalue weighted by atomic mass is 10.0. The first-order valence-electron chi connectivity index (χ1n) is 8.07. The number of methoxy groups -OCH3 is 1. The van der Waals surface area contributed by atoms with Crippen LogP contribution < -0.4 is 15.4 Å². The fourth-order valence-corrected chi connectivity index (χ4v) is 3.11. The molecule has 2 fully saturated rings. The van der Waals surface area contributed by atoms with Gasteiger partial charge in [0, 0.05) is 36.6 Å². The summed E-state index contributed by atoms with van der Waals surface area (Å²) in [6, 6.07) is 4.53. The molecule has 1 aromatic heterocycles. The normalized spacial score (nSPS) is 22.1. The van der Waals surface area contributed by atoms with Gasteiger partial charge in [-0.3, -0.25) is 4.90 Å². The molecule has 22 heavy (non-hydrogen) atoms. The van der Waals surface area contributed by atoms with Crippen LogP contribution in [0.3, 0.4) is 0 Å². The van der Waals surface area contributed by atoms with Crippen molar-refractivity contribution in [3.63, 3.8) is 0 Å². The maximum Gasteiger partial charge on any atom is 0.319 e. The van der Waals surface area contributed by atoms with E-state index in [2.05, 4.69) is 20.5 Å². The summed E-state index contributed by atoms with van der Waals surface area (Å²) in [5.74, 6) is 0.491. The summed E-state index contributed by atoms with van der Waals surface area (Å²) >= 11 is 0. The minimum Gasteiger partial charge on any atom is -0.481 e. The van der Waals surface area contributed by atoms with E-state index in [0.29, 0.717) is 24.2 Å². The standard InChI is InChI=1S/C16H24N4O2/c1-22-15-10-12(7-8-17-15)19-16(21)18-11-14-4-2-3-9-20(14)13-5-6-13/h7-8,10,13-14H,2-6,9,11H2,1H3,(H2,17,18,19,21). The Hall–Kier alpha value is -1.82. The van der Waals surface area contributed by atoms with E-state index in [0.717, 1.165) is 6.04 Å². The van der Waals surface area contributed by atoms with Crippen LogP contribution >= 0.6 is 0 Å². The molecule has 3 rings (SSSR count). The molecule has 1 saturated carbocycles. The molecule has 1 aliphatic heterocycles. The molecule has 2 aliphatic rings. The predicted molar refractivity (Wildman–Crippen MR) is 85.2 cm³/mol. The van der Waals surface area contributed by atoms with E-state index in [1.807, 2.05) is 0 Å². The quantitative estimate of drug-likeness (QED) is 0.875. The lowest BCUT2D eigenvalue weighted by Gasteiger charge is -2.36. The van der Waals surface area contributed by atoms with Crippen LogP contribution in [0.5, 0.6) is 5.88 Å². The lowest BCUT2D eigenvalue weighted by Crippen LogP contribution is -2.48. The number of anilines is 1. The Kier molecular flexibility index (Phi) is 4.77. The molecule has 1 aromatic rings. The van der Waals surface area contributed by atoms with Crippen molar-refractivity contribution in [2.75, 3.05) is 25.5 Å². The number of piperidine rings is 1. The van der Waals surface area contributed by atoms with Gasteiger partial charge in [-0.25, -0.2) is 9.78 Å². The largest absolute Gasteiger partial charge is 0.481 e. The second-order valence-electron chi connectivity index (χ2n) is 6.04. The number of amides is 2. The molecule has 0 radical (unpaired) electrons. The number of likely N-dealkylation sites (tertiary alicyclic amines) is 1. The van der Waals surface area contributed by atoms with Crippen molar-refractivity contribution in [2.24, 2.45) is 0 Å². The van der Waals surface area contributed by atoms with E-state index >= 15 is 0 Å². The zero-order valence-corrected chi connectivity index (χ0v) is 13.0. The second-order valence-corrected chi connectivity index (χ2v) is 6.04. The number of pyridine rings is 1. The highest BCUT2D eigenvalue weighted by molar-refractivity contribution is 5.89. The van der Waals surface area contributed by atoms with Crippen LogP contribution in [0, 0.1) is 0 Å². The zero-order valence-electron chi connectivity index (χ0n) is 13.0. The van der Waals surface area contributed by atoms with Crippen LogP contribution in [0.2, 0.25) is 0 Å². The van der Waals surface area contributed by atoms with Crippen LogP contribution in [-0.4, -0.2) is 48.2 Å². The van der Waals surface area contributed by atoms with Crippen LogP contribution in [0.15, 0.2) is 18.3 Å². The molecule has 0 aromatic carbocycles. The molecule has 0 spiro atoms. The highest BCUT2D eigenvalue weighted by atomic mass is 16.5. The highest BCUT2D eigenvalue weighted by Gasteiger charge is 2.35. The minimum atomic E-state index is -0.172. The molecule has 2 amide bonds. The van der Waals surface area contributed by atoms with Gasteiger partial charge < -0.3 is 15.4 Å². The topological polar surface area (TPSA) is 66.5 Å². The first kappa shape index (κ1) is 15.1. The Morgan fingerprint density at radius 2 is 2.27 bits per heavy atom. The van der Waals surface area contributed by atoms with Crippen molar-refractivity contribution in [3.8, 4) is 5.88 Å². The van der Waals surface area contributed by atoms with E-state index < -0.39 is 0 Å². The number of ether oxygens (including phenoxy) is 1. The van der Waals surface area contributed by atoms with E-state index in [4.69, 9.17) is 4.74 Å². The van der Waals surface area contributed by atoms with Crippen LogP contribution in [-0.2, 0) is 0 Å². The Labute approximate surface area is 131 Å². The Bertz CT molecular complexity index is 519. The summed E-state index contributed by atoms with van der Waals surface area (Å²) in [5, 5.41) is 5.83. The van der Waals surface area contributed by atoms with Gasteiger partial charge in [-0.05, 0) is 38.3 Å². The number of hydrogen-bond donors (Lipinski definition) is 2. The van der Waals surface area contributed by atoms with Crippen molar-refractivity contribution in [3.05, 3.63) is 18.3 Å². The number of carbonyl (C=O) groups is 1. The average Bonchev–Trinajstić information content (AvgIpc) is 3.38. The van der Waals surface area contributed by atoms with Gasteiger partial charge in [-0.1, -0.05) is 6.42 Å². The van der Waals surface area contributed by atoms with Gasteiger partial charge in [0.05, 0.1) is 7.11 Å². The maximum absolute atomic E-state index is 12.0. The first-order chi connectivity index (χ1) is 10.8. The Balaban J connectivity index is 1.48. The number of urea groups is 1. The number of aromatic nitrogens is 1. The number of nitrogens with zero attached hydrogens (tertiary/aromatic N) is 2. The van der Waals surface area contributed by atoms with Gasteiger partial charge in [0.15, 0.2) is 0 Å². The van der Waals surface area contributed by atoms with E-state index in [9.17, 15) is 4.79 Å². The SMILES string of the molecule is COc1cc(NC(=O)NCC2CCCCN2C2CC2)ccn1. The maximum atomic E-state index is 12.0.